The zero-order chi connectivity index (χ0) is 9.31. The molecule has 1 nitrogen and oxygen atoms in total. The fourth-order valence-corrected chi connectivity index (χ4v) is 1.99. The van der Waals surface area contributed by atoms with E-state index in [4.69, 9.17) is 5.73 Å². The molecular formula is C12H15N. The molecule has 1 aromatic carbocycles. The average Bonchev–Trinajstić information content (AvgIpc) is 2.49. The molecule has 2 rings (SSSR count). The third-order valence-corrected chi connectivity index (χ3v) is 2.76. The van der Waals surface area contributed by atoms with Gasteiger partial charge in [0.1, 0.15) is 0 Å². The maximum absolute atomic E-state index is 6.32. The predicted octanol–water partition coefficient (Wildman–Crippen LogP) is 2.58. The first kappa shape index (κ1) is 8.52. The predicted molar refractivity (Wildman–Crippen MR) is 55.3 cm³/mol. The van der Waals surface area contributed by atoms with Gasteiger partial charge in [0.15, 0.2) is 0 Å². The molecule has 0 saturated heterocycles. The second-order valence-corrected chi connectivity index (χ2v) is 3.95. The largest absolute Gasteiger partial charge is 0.321 e. The van der Waals surface area contributed by atoms with Crippen LogP contribution in [-0.4, -0.2) is 0 Å². The van der Waals surface area contributed by atoms with E-state index in [0.717, 1.165) is 12.8 Å². The van der Waals surface area contributed by atoms with Crippen LogP contribution in [0.1, 0.15) is 25.3 Å². The van der Waals surface area contributed by atoms with Gasteiger partial charge in [-0.15, -0.1) is 0 Å². The van der Waals surface area contributed by atoms with Gasteiger partial charge in [0.2, 0.25) is 0 Å². The highest BCUT2D eigenvalue weighted by atomic mass is 14.7. The highest BCUT2D eigenvalue weighted by Gasteiger charge is 2.30. The summed E-state index contributed by atoms with van der Waals surface area (Å²) in [5.74, 6) is 0. The lowest BCUT2D eigenvalue weighted by atomic mass is 9.88. The van der Waals surface area contributed by atoms with Gasteiger partial charge in [-0.05, 0) is 25.3 Å². The molecule has 0 aromatic heterocycles. The molecule has 0 saturated carbocycles. The van der Waals surface area contributed by atoms with Crippen LogP contribution in [0, 0.1) is 0 Å². The third-order valence-electron chi connectivity index (χ3n) is 2.76. The van der Waals surface area contributed by atoms with Crippen LogP contribution in [0.5, 0.6) is 0 Å². The third kappa shape index (κ3) is 1.52. The smallest absolute Gasteiger partial charge is 0.0481 e. The second-order valence-electron chi connectivity index (χ2n) is 3.95. The molecule has 1 atom stereocenters. The Morgan fingerprint density at radius 1 is 1.23 bits per heavy atom. The average molecular weight is 173 g/mol. The molecule has 0 amide bonds. The van der Waals surface area contributed by atoms with Gasteiger partial charge in [-0.2, -0.15) is 0 Å². The van der Waals surface area contributed by atoms with Crippen LogP contribution < -0.4 is 5.73 Å². The second kappa shape index (κ2) is 3.00. The summed E-state index contributed by atoms with van der Waals surface area (Å²) in [7, 11) is 0. The highest BCUT2D eigenvalue weighted by molar-refractivity contribution is 5.30. The van der Waals surface area contributed by atoms with Crippen molar-refractivity contribution in [1.82, 2.24) is 0 Å². The molecule has 1 heteroatoms. The number of benzene rings is 1. The molecule has 1 unspecified atom stereocenters. The summed E-state index contributed by atoms with van der Waals surface area (Å²) in [6.07, 6.45) is 4.22. The van der Waals surface area contributed by atoms with Crippen LogP contribution in [-0.2, 0) is 5.54 Å². The lowest BCUT2D eigenvalue weighted by Crippen LogP contribution is -2.33. The van der Waals surface area contributed by atoms with Gasteiger partial charge in [0.05, 0.1) is 0 Å². The first-order valence-corrected chi connectivity index (χ1v) is 4.71. The molecule has 0 spiro atoms. The first-order chi connectivity index (χ1) is 6.21. The fourth-order valence-electron chi connectivity index (χ4n) is 1.99. The zero-order valence-corrected chi connectivity index (χ0v) is 7.96. The minimum absolute atomic E-state index is 0.134. The molecule has 2 N–H and O–H groups in total. The van der Waals surface area contributed by atoms with Crippen LogP contribution >= 0.6 is 0 Å². The lowest BCUT2D eigenvalue weighted by molar-refractivity contribution is 0.474. The Morgan fingerprint density at radius 3 is 2.46 bits per heavy atom. The minimum Gasteiger partial charge on any atom is -0.321 e. The Hall–Kier alpha value is -1.08. The minimum atomic E-state index is -0.134. The van der Waals surface area contributed by atoms with Crippen molar-refractivity contribution in [3.63, 3.8) is 0 Å². The molecule has 0 aliphatic heterocycles. The topological polar surface area (TPSA) is 26.0 Å². The van der Waals surface area contributed by atoms with Crippen molar-refractivity contribution in [1.29, 1.82) is 0 Å². The van der Waals surface area contributed by atoms with Crippen LogP contribution in [0.4, 0.5) is 0 Å². The van der Waals surface area contributed by atoms with E-state index in [1.165, 1.54) is 11.1 Å². The maximum atomic E-state index is 6.32. The Bertz CT molecular complexity index is 326. The highest BCUT2D eigenvalue weighted by Crippen LogP contribution is 2.35. The summed E-state index contributed by atoms with van der Waals surface area (Å²) in [5.41, 5.74) is 8.85. The maximum Gasteiger partial charge on any atom is 0.0481 e. The molecule has 0 bridgehead atoms. The van der Waals surface area contributed by atoms with Gasteiger partial charge in [0, 0.05) is 5.54 Å². The van der Waals surface area contributed by atoms with Gasteiger partial charge in [0.25, 0.3) is 0 Å². The Balaban J connectivity index is 2.28. The number of nitrogens with two attached hydrogens (primary N) is 1. The van der Waals surface area contributed by atoms with Crippen molar-refractivity contribution < 1.29 is 0 Å². The zero-order valence-electron chi connectivity index (χ0n) is 7.96. The lowest BCUT2D eigenvalue weighted by Gasteiger charge is -2.24. The quantitative estimate of drug-likeness (QED) is 0.649. The van der Waals surface area contributed by atoms with E-state index in [1.54, 1.807) is 0 Å². The van der Waals surface area contributed by atoms with Gasteiger partial charge in [-0.25, -0.2) is 0 Å². The van der Waals surface area contributed by atoms with Crippen molar-refractivity contribution in [3.8, 4) is 0 Å². The van der Waals surface area contributed by atoms with Gasteiger partial charge < -0.3 is 5.73 Å². The Labute approximate surface area is 79.3 Å². The summed E-state index contributed by atoms with van der Waals surface area (Å²) in [6.45, 7) is 2.15. The normalized spacial score (nSPS) is 27.4. The summed E-state index contributed by atoms with van der Waals surface area (Å²) in [6, 6.07) is 10.4. The molecule has 0 fully saturated rings. The summed E-state index contributed by atoms with van der Waals surface area (Å²) < 4.78 is 0. The van der Waals surface area contributed by atoms with Crippen molar-refractivity contribution in [3.05, 3.63) is 47.5 Å². The van der Waals surface area contributed by atoms with Gasteiger partial charge >= 0.3 is 0 Å². The number of rotatable bonds is 1. The molecule has 13 heavy (non-hydrogen) atoms. The van der Waals surface area contributed by atoms with E-state index in [1.807, 2.05) is 6.07 Å². The molecule has 0 radical (unpaired) electrons. The molecule has 1 aromatic rings. The monoisotopic (exact) mass is 173 g/mol. The van der Waals surface area contributed by atoms with Crippen molar-refractivity contribution in [2.24, 2.45) is 5.73 Å². The number of hydrogen-bond acceptors (Lipinski definition) is 1. The van der Waals surface area contributed by atoms with Crippen LogP contribution in [0.2, 0.25) is 0 Å². The summed E-state index contributed by atoms with van der Waals surface area (Å²) in [5, 5.41) is 0. The Kier molecular flexibility index (Phi) is 1.97. The molecule has 1 aliphatic rings. The molecule has 1 aliphatic carbocycles. The van der Waals surface area contributed by atoms with Crippen LogP contribution in [0.3, 0.4) is 0 Å². The fraction of sp³-hybridized carbons (Fsp3) is 0.333. The van der Waals surface area contributed by atoms with E-state index in [2.05, 4.69) is 37.3 Å². The standard InChI is InChI=1S/C12H15N/c1-10-7-8-12(13,9-10)11-5-3-2-4-6-11/h2-7H,8-9,13H2,1H3. The first-order valence-electron chi connectivity index (χ1n) is 4.71. The summed E-state index contributed by atoms with van der Waals surface area (Å²) in [4.78, 5) is 0. The van der Waals surface area contributed by atoms with Gasteiger partial charge in [-0.3, -0.25) is 0 Å². The Morgan fingerprint density at radius 2 is 1.92 bits per heavy atom. The molecule has 68 valence electrons. The van der Waals surface area contributed by atoms with Gasteiger partial charge in [-0.1, -0.05) is 42.0 Å². The number of hydrogen-bond donors (Lipinski definition) is 1. The molecular weight excluding hydrogens is 158 g/mol. The van der Waals surface area contributed by atoms with E-state index >= 15 is 0 Å². The van der Waals surface area contributed by atoms with Crippen LogP contribution in [0.25, 0.3) is 0 Å². The molecule has 0 heterocycles. The van der Waals surface area contributed by atoms with Crippen molar-refractivity contribution in [2.45, 2.75) is 25.3 Å². The van der Waals surface area contributed by atoms with E-state index in [0.29, 0.717) is 0 Å². The van der Waals surface area contributed by atoms with Crippen molar-refractivity contribution in [2.75, 3.05) is 0 Å². The SMILES string of the molecule is CC1=CCC(N)(c2ccccc2)C1. The van der Waals surface area contributed by atoms with E-state index in [-0.39, 0.29) is 5.54 Å². The van der Waals surface area contributed by atoms with E-state index < -0.39 is 0 Å². The van der Waals surface area contributed by atoms with Crippen molar-refractivity contribution >= 4 is 0 Å². The summed E-state index contributed by atoms with van der Waals surface area (Å²) >= 11 is 0. The van der Waals surface area contributed by atoms with Crippen LogP contribution in [0.15, 0.2) is 42.0 Å². The van der Waals surface area contributed by atoms with E-state index in [9.17, 15) is 0 Å².